The second kappa shape index (κ2) is 7.33. The van der Waals surface area contributed by atoms with Crippen molar-refractivity contribution in [3.63, 3.8) is 0 Å². The average molecular weight is 379 g/mol. The quantitative estimate of drug-likeness (QED) is 0.764. The fraction of sp³-hybridized carbons (Fsp3) is 0.294. The topological polar surface area (TPSA) is 76.6 Å². The van der Waals surface area contributed by atoms with Gasteiger partial charge in [0.2, 0.25) is 5.91 Å². The highest BCUT2D eigenvalue weighted by Crippen LogP contribution is 2.29. The van der Waals surface area contributed by atoms with Gasteiger partial charge < -0.3 is 4.74 Å². The molecular weight excluding hydrogens is 364 g/mol. The van der Waals surface area contributed by atoms with Gasteiger partial charge >= 0.3 is 5.97 Å². The first kappa shape index (κ1) is 17.6. The zero-order valence-electron chi connectivity index (χ0n) is 13.5. The number of aromatic nitrogens is 1. The van der Waals surface area contributed by atoms with Crippen molar-refractivity contribution in [2.75, 3.05) is 13.2 Å². The molecule has 1 saturated heterocycles. The molecule has 25 heavy (non-hydrogen) atoms. The molecule has 0 atom stereocenters. The number of amides is 2. The summed E-state index contributed by atoms with van der Waals surface area (Å²) in [5.74, 6) is -1.34. The lowest BCUT2D eigenvalue weighted by molar-refractivity contribution is -0.143. The first-order valence-electron chi connectivity index (χ1n) is 7.69. The van der Waals surface area contributed by atoms with Gasteiger partial charge in [-0.15, -0.1) is 11.3 Å². The lowest BCUT2D eigenvalue weighted by Crippen LogP contribution is -2.35. The molecule has 2 heterocycles. The molecule has 1 aliphatic rings. The molecule has 2 aromatic rings. The summed E-state index contributed by atoms with van der Waals surface area (Å²) >= 11 is 7.16. The van der Waals surface area contributed by atoms with Gasteiger partial charge in [-0.1, -0.05) is 23.7 Å². The van der Waals surface area contributed by atoms with Crippen molar-refractivity contribution in [3.05, 3.63) is 39.9 Å². The van der Waals surface area contributed by atoms with Crippen LogP contribution in [0, 0.1) is 6.92 Å². The molecule has 0 bridgehead atoms. The van der Waals surface area contributed by atoms with Crippen molar-refractivity contribution in [2.45, 2.75) is 19.8 Å². The molecule has 2 amide bonds. The third-order valence-electron chi connectivity index (χ3n) is 3.75. The Balaban J connectivity index is 1.68. The SMILES string of the molecule is Cc1nc(-c2cccc(Cl)c2)sc1C(=O)OCC(=O)N1CCCC1=O. The maximum atomic E-state index is 12.2. The van der Waals surface area contributed by atoms with E-state index in [1.54, 1.807) is 25.1 Å². The smallest absolute Gasteiger partial charge is 0.350 e. The average Bonchev–Trinajstić information content (AvgIpc) is 3.18. The highest BCUT2D eigenvalue weighted by atomic mass is 35.5. The van der Waals surface area contributed by atoms with Gasteiger partial charge in [0.15, 0.2) is 6.61 Å². The summed E-state index contributed by atoms with van der Waals surface area (Å²) in [7, 11) is 0. The number of esters is 1. The molecule has 1 fully saturated rings. The van der Waals surface area contributed by atoms with Crippen LogP contribution in [0.3, 0.4) is 0 Å². The maximum absolute atomic E-state index is 12.2. The molecule has 6 nitrogen and oxygen atoms in total. The molecule has 3 rings (SSSR count). The molecule has 1 aromatic carbocycles. The van der Waals surface area contributed by atoms with E-state index in [9.17, 15) is 14.4 Å². The molecule has 0 unspecified atom stereocenters. The molecule has 8 heteroatoms. The van der Waals surface area contributed by atoms with E-state index in [0.717, 1.165) is 10.5 Å². The van der Waals surface area contributed by atoms with Gasteiger partial charge in [-0.25, -0.2) is 9.78 Å². The van der Waals surface area contributed by atoms with E-state index < -0.39 is 18.5 Å². The van der Waals surface area contributed by atoms with E-state index in [1.165, 1.54) is 11.3 Å². The number of ether oxygens (including phenoxy) is 1. The number of hydrogen-bond donors (Lipinski definition) is 0. The number of likely N-dealkylation sites (tertiary alicyclic amines) is 1. The van der Waals surface area contributed by atoms with Crippen molar-refractivity contribution >= 4 is 40.7 Å². The number of aryl methyl sites for hydroxylation is 1. The van der Waals surface area contributed by atoms with Crippen LogP contribution in [0.1, 0.15) is 28.2 Å². The maximum Gasteiger partial charge on any atom is 0.350 e. The van der Waals surface area contributed by atoms with Crippen LogP contribution in [0.15, 0.2) is 24.3 Å². The van der Waals surface area contributed by atoms with Crippen molar-refractivity contribution in [1.29, 1.82) is 0 Å². The Morgan fingerprint density at radius 3 is 2.88 bits per heavy atom. The molecule has 0 N–H and O–H groups in total. The third kappa shape index (κ3) is 3.88. The molecule has 0 spiro atoms. The molecular formula is C17H15ClN2O4S. The number of benzene rings is 1. The van der Waals surface area contributed by atoms with Gasteiger partial charge in [0.25, 0.3) is 5.91 Å². The van der Waals surface area contributed by atoms with E-state index in [-0.39, 0.29) is 5.91 Å². The third-order valence-corrected chi connectivity index (χ3v) is 5.18. The largest absolute Gasteiger partial charge is 0.451 e. The summed E-state index contributed by atoms with van der Waals surface area (Å²) in [4.78, 5) is 41.5. The minimum Gasteiger partial charge on any atom is -0.451 e. The first-order valence-corrected chi connectivity index (χ1v) is 8.89. The number of rotatable bonds is 4. The summed E-state index contributed by atoms with van der Waals surface area (Å²) in [5.41, 5.74) is 1.33. The van der Waals surface area contributed by atoms with E-state index >= 15 is 0 Å². The highest BCUT2D eigenvalue weighted by Gasteiger charge is 2.27. The van der Waals surface area contributed by atoms with Crippen LogP contribution in [-0.4, -0.2) is 40.8 Å². The Morgan fingerprint density at radius 2 is 2.20 bits per heavy atom. The van der Waals surface area contributed by atoms with Gasteiger partial charge in [-0.05, 0) is 25.5 Å². The van der Waals surface area contributed by atoms with Crippen LogP contribution in [0.5, 0.6) is 0 Å². The zero-order chi connectivity index (χ0) is 18.0. The standard InChI is InChI=1S/C17H15ClN2O4S/c1-10-15(25-16(19-10)11-4-2-5-12(18)8-11)17(23)24-9-14(22)20-7-3-6-13(20)21/h2,4-5,8H,3,6-7,9H2,1H3. The Labute approximate surface area is 153 Å². The fourth-order valence-electron chi connectivity index (χ4n) is 2.51. The number of carbonyl (C=O) groups is 3. The summed E-state index contributed by atoms with van der Waals surface area (Å²) in [6, 6.07) is 7.17. The van der Waals surface area contributed by atoms with Crippen LogP contribution >= 0.6 is 22.9 Å². The number of thiazole rings is 1. The van der Waals surface area contributed by atoms with Crippen molar-refractivity contribution < 1.29 is 19.1 Å². The van der Waals surface area contributed by atoms with Crippen LogP contribution in [0.4, 0.5) is 0 Å². The number of nitrogens with zero attached hydrogens (tertiary/aromatic N) is 2. The molecule has 0 aliphatic carbocycles. The summed E-state index contributed by atoms with van der Waals surface area (Å²) < 4.78 is 5.07. The summed E-state index contributed by atoms with van der Waals surface area (Å²) in [5, 5.41) is 1.23. The zero-order valence-corrected chi connectivity index (χ0v) is 15.0. The van der Waals surface area contributed by atoms with Crippen LogP contribution in [0.25, 0.3) is 10.6 Å². The van der Waals surface area contributed by atoms with Crippen molar-refractivity contribution in [3.8, 4) is 10.6 Å². The predicted octanol–water partition coefficient (Wildman–Crippen LogP) is 3.08. The Morgan fingerprint density at radius 1 is 1.40 bits per heavy atom. The van der Waals surface area contributed by atoms with Crippen molar-refractivity contribution in [2.24, 2.45) is 0 Å². The Kier molecular flexibility index (Phi) is 5.15. The minimum absolute atomic E-state index is 0.224. The van der Waals surface area contributed by atoms with Gasteiger partial charge in [-0.3, -0.25) is 14.5 Å². The summed E-state index contributed by atoms with van der Waals surface area (Å²) in [6.45, 7) is 1.63. The first-order chi connectivity index (χ1) is 12.0. The minimum atomic E-state index is -0.622. The van der Waals surface area contributed by atoms with Gasteiger partial charge in [-0.2, -0.15) is 0 Å². The second-order valence-corrected chi connectivity index (χ2v) is 7.00. The second-order valence-electron chi connectivity index (χ2n) is 5.56. The van der Waals surface area contributed by atoms with Gasteiger partial charge in [0.1, 0.15) is 9.88 Å². The highest BCUT2D eigenvalue weighted by molar-refractivity contribution is 7.17. The summed E-state index contributed by atoms with van der Waals surface area (Å²) in [6.07, 6.45) is 1.01. The molecule has 1 aromatic heterocycles. The molecule has 0 saturated carbocycles. The van der Waals surface area contributed by atoms with Crippen LogP contribution < -0.4 is 0 Å². The number of hydrogen-bond acceptors (Lipinski definition) is 6. The lowest BCUT2D eigenvalue weighted by atomic mass is 10.2. The monoisotopic (exact) mass is 378 g/mol. The van der Waals surface area contributed by atoms with Gasteiger partial charge in [0, 0.05) is 23.6 Å². The molecule has 0 radical (unpaired) electrons. The van der Waals surface area contributed by atoms with E-state index in [4.69, 9.17) is 16.3 Å². The normalized spacial score (nSPS) is 14.0. The van der Waals surface area contributed by atoms with E-state index in [0.29, 0.717) is 40.0 Å². The van der Waals surface area contributed by atoms with E-state index in [2.05, 4.69) is 4.98 Å². The van der Waals surface area contributed by atoms with Gasteiger partial charge in [0.05, 0.1) is 5.69 Å². The number of halogens is 1. The Bertz CT molecular complexity index is 849. The van der Waals surface area contributed by atoms with Crippen LogP contribution in [0.2, 0.25) is 5.02 Å². The Hall–Kier alpha value is -2.25. The van der Waals surface area contributed by atoms with Crippen molar-refractivity contribution in [1.82, 2.24) is 9.88 Å². The predicted molar refractivity (Wildman–Crippen MR) is 93.5 cm³/mol. The number of carbonyl (C=O) groups excluding carboxylic acids is 3. The van der Waals surface area contributed by atoms with Crippen LogP contribution in [-0.2, 0) is 14.3 Å². The number of imide groups is 1. The lowest BCUT2D eigenvalue weighted by Gasteiger charge is -2.13. The molecule has 1 aliphatic heterocycles. The van der Waals surface area contributed by atoms with E-state index in [1.807, 2.05) is 6.07 Å². The molecule has 130 valence electrons. The fourth-order valence-corrected chi connectivity index (χ4v) is 3.66.